The normalized spacial score (nSPS) is 31.7. The molecule has 0 aromatic rings. The second-order valence-electron chi connectivity index (χ2n) is 4.16. The number of nitrogens with two attached hydrogens (primary N) is 1. The van der Waals surface area contributed by atoms with Crippen molar-refractivity contribution in [3.8, 4) is 0 Å². The van der Waals surface area contributed by atoms with Gasteiger partial charge in [-0.1, -0.05) is 0 Å². The Morgan fingerprint density at radius 1 is 1.53 bits per heavy atom. The van der Waals surface area contributed by atoms with Crippen LogP contribution in [-0.2, 0) is 14.3 Å². The van der Waals surface area contributed by atoms with Crippen LogP contribution in [0.3, 0.4) is 0 Å². The van der Waals surface area contributed by atoms with Crippen LogP contribution in [0.15, 0.2) is 0 Å². The van der Waals surface area contributed by atoms with Crippen molar-refractivity contribution in [3.63, 3.8) is 0 Å². The van der Waals surface area contributed by atoms with Crippen molar-refractivity contribution < 1.29 is 14.3 Å². The molecule has 2 fully saturated rings. The van der Waals surface area contributed by atoms with Gasteiger partial charge in [0.25, 0.3) is 5.91 Å². The van der Waals surface area contributed by atoms with E-state index in [0.717, 1.165) is 12.8 Å². The lowest BCUT2D eigenvalue weighted by Gasteiger charge is -2.33. The first-order chi connectivity index (χ1) is 7.24. The predicted octanol–water partition coefficient (Wildman–Crippen LogP) is -0.650. The summed E-state index contributed by atoms with van der Waals surface area (Å²) in [6.07, 6.45) is 2.08. The van der Waals surface area contributed by atoms with Gasteiger partial charge in [0.2, 0.25) is 0 Å². The molecule has 86 valence electrons. The maximum absolute atomic E-state index is 11.9. The van der Waals surface area contributed by atoms with Crippen LogP contribution in [0.25, 0.3) is 0 Å². The third-order valence-corrected chi connectivity index (χ3v) is 3.13. The molecule has 0 aromatic carbocycles. The Kier molecular flexibility index (Phi) is 3.23. The smallest absolute Gasteiger partial charge is 0.253 e. The first kappa shape index (κ1) is 10.9. The fraction of sp³-hybridized carbons (Fsp3) is 0.900. The number of hydrogen-bond acceptors (Lipinski definition) is 4. The van der Waals surface area contributed by atoms with Gasteiger partial charge in [-0.2, -0.15) is 0 Å². The molecule has 2 aliphatic rings. The summed E-state index contributed by atoms with van der Waals surface area (Å²) >= 11 is 0. The lowest BCUT2D eigenvalue weighted by atomic mass is 10.2. The number of morpholine rings is 1. The largest absolute Gasteiger partial charge is 0.371 e. The topological polar surface area (TPSA) is 64.8 Å². The summed E-state index contributed by atoms with van der Waals surface area (Å²) in [6, 6.07) is 0. The van der Waals surface area contributed by atoms with Gasteiger partial charge in [-0.25, -0.2) is 0 Å². The van der Waals surface area contributed by atoms with E-state index < -0.39 is 6.10 Å². The van der Waals surface area contributed by atoms with Crippen molar-refractivity contribution in [2.45, 2.75) is 31.2 Å². The molecule has 0 aliphatic carbocycles. The van der Waals surface area contributed by atoms with E-state index in [0.29, 0.717) is 13.1 Å². The van der Waals surface area contributed by atoms with Gasteiger partial charge in [-0.05, 0) is 12.8 Å². The van der Waals surface area contributed by atoms with Crippen LogP contribution in [0.1, 0.15) is 12.8 Å². The molecule has 2 rings (SSSR count). The minimum atomic E-state index is -0.498. The minimum Gasteiger partial charge on any atom is -0.371 e. The van der Waals surface area contributed by atoms with Gasteiger partial charge in [-0.15, -0.1) is 0 Å². The number of methoxy groups -OCH3 is 1. The third kappa shape index (κ3) is 2.14. The van der Waals surface area contributed by atoms with Crippen molar-refractivity contribution in [3.05, 3.63) is 0 Å². The van der Waals surface area contributed by atoms with E-state index in [1.54, 1.807) is 0 Å². The number of rotatable bonds is 3. The molecule has 2 N–H and O–H groups in total. The first-order valence-electron chi connectivity index (χ1n) is 5.41. The summed E-state index contributed by atoms with van der Waals surface area (Å²) < 4.78 is 10.7. The molecule has 3 unspecified atom stereocenters. The molecule has 2 saturated heterocycles. The number of amides is 1. The van der Waals surface area contributed by atoms with Gasteiger partial charge in [0.1, 0.15) is 6.10 Å². The molecular formula is C10H18N2O3. The van der Waals surface area contributed by atoms with Gasteiger partial charge >= 0.3 is 0 Å². The molecule has 1 amide bonds. The van der Waals surface area contributed by atoms with Gasteiger partial charge in [-0.3, -0.25) is 4.79 Å². The lowest BCUT2D eigenvalue weighted by Crippen LogP contribution is -2.51. The second kappa shape index (κ2) is 4.47. The summed E-state index contributed by atoms with van der Waals surface area (Å²) in [4.78, 5) is 13.8. The van der Waals surface area contributed by atoms with E-state index in [2.05, 4.69) is 0 Å². The summed E-state index contributed by atoms with van der Waals surface area (Å²) in [5.41, 5.74) is 5.47. The van der Waals surface area contributed by atoms with E-state index in [9.17, 15) is 4.79 Å². The van der Waals surface area contributed by atoms with Crippen LogP contribution in [0.4, 0.5) is 0 Å². The Morgan fingerprint density at radius 2 is 2.13 bits per heavy atom. The predicted molar refractivity (Wildman–Crippen MR) is 54.3 cm³/mol. The third-order valence-electron chi connectivity index (χ3n) is 3.13. The van der Waals surface area contributed by atoms with E-state index in [1.807, 2.05) is 4.90 Å². The molecule has 2 aliphatic heterocycles. The molecule has 15 heavy (non-hydrogen) atoms. The zero-order valence-electron chi connectivity index (χ0n) is 9.02. The highest BCUT2D eigenvalue weighted by Gasteiger charge is 2.37. The van der Waals surface area contributed by atoms with Gasteiger partial charge in [0, 0.05) is 26.7 Å². The van der Waals surface area contributed by atoms with Crippen LogP contribution in [0.5, 0.6) is 0 Å². The number of carbonyl (C=O) groups is 1. The number of fused-ring (bicyclic) bond motifs is 2. The summed E-state index contributed by atoms with van der Waals surface area (Å²) in [5.74, 6) is 0.000185. The van der Waals surface area contributed by atoms with E-state index in [1.165, 1.54) is 7.11 Å². The number of likely N-dealkylation sites (tertiary alicyclic amines) is 1. The quantitative estimate of drug-likeness (QED) is 0.678. The Balaban J connectivity index is 1.96. The molecule has 2 bridgehead atoms. The van der Waals surface area contributed by atoms with Crippen molar-refractivity contribution in [2.75, 3.05) is 26.7 Å². The van der Waals surface area contributed by atoms with Gasteiger partial charge in [0.05, 0.1) is 12.2 Å². The number of nitrogens with zero attached hydrogens (tertiary/aromatic N) is 1. The van der Waals surface area contributed by atoms with Gasteiger partial charge in [0.15, 0.2) is 0 Å². The van der Waals surface area contributed by atoms with Crippen LogP contribution in [0.2, 0.25) is 0 Å². The van der Waals surface area contributed by atoms with Crippen molar-refractivity contribution in [1.82, 2.24) is 4.90 Å². The average Bonchev–Trinajstić information content (AvgIpc) is 2.59. The monoisotopic (exact) mass is 214 g/mol. The second-order valence-corrected chi connectivity index (χ2v) is 4.16. The van der Waals surface area contributed by atoms with Crippen molar-refractivity contribution in [1.29, 1.82) is 0 Å². The van der Waals surface area contributed by atoms with Crippen LogP contribution < -0.4 is 5.73 Å². The zero-order valence-corrected chi connectivity index (χ0v) is 9.02. The Bertz CT molecular complexity index is 231. The maximum Gasteiger partial charge on any atom is 0.253 e. The standard InChI is InChI=1S/C10H18N2O3/c1-14-9(4-11)10(13)12-5-7-2-3-8(6-12)15-7/h7-9H,2-6,11H2,1H3. The maximum atomic E-state index is 11.9. The van der Waals surface area contributed by atoms with Crippen LogP contribution in [-0.4, -0.2) is 55.9 Å². The molecule has 0 spiro atoms. The molecular weight excluding hydrogens is 196 g/mol. The van der Waals surface area contributed by atoms with Crippen LogP contribution >= 0.6 is 0 Å². The summed E-state index contributed by atoms with van der Waals surface area (Å²) in [7, 11) is 1.52. The van der Waals surface area contributed by atoms with E-state index in [-0.39, 0.29) is 24.7 Å². The van der Waals surface area contributed by atoms with Crippen LogP contribution in [0, 0.1) is 0 Å². The first-order valence-corrected chi connectivity index (χ1v) is 5.41. The molecule has 5 nitrogen and oxygen atoms in total. The Labute approximate surface area is 89.5 Å². The molecule has 0 aromatic heterocycles. The number of ether oxygens (including phenoxy) is 2. The SMILES string of the molecule is COC(CN)C(=O)N1CC2CCC(C1)O2. The fourth-order valence-electron chi connectivity index (χ4n) is 2.30. The molecule has 3 atom stereocenters. The highest BCUT2D eigenvalue weighted by Crippen LogP contribution is 2.26. The van der Waals surface area contributed by atoms with E-state index >= 15 is 0 Å². The average molecular weight is 214 g/mol. The Morgan fingerprint density at radius 3 is 2.60 bits per heavy atom. The summed E-state index contributed by atoms with van der Waals surface area (Å²) in [6.45, 7) is 1.62. The fourth-order valence-corrected chi connectivity index (χ4v) is 2.30. The Hall–Kier alpha value is -0.650. The molecule has 0 radical (unpaired) electrons. The van der Waals surface area contributed by atoms with Crippen molar-refractivity contribution in [2.24, 2.45) is 5.73 Å². The summed E-state index contributed by atoms with van der Waals surface area (Å²) in [5, 5.41) is 0. The van der Waals surface area contributed by atoms with E-state index in [4.69, 9.17) is 15.2 Å². The number of carbonyl (C=O) groups excluding carboxylic acids is 1. The molecule has 2 heterocycles. The molecule has 0 saturated carbocycles. The van der Waals surface area contributed by atoms with Gasteiger partial charge < -0.3 is 20.1 Å². The number of hydrogen-bond donors (Lipinski definition) is 1. The highest BCUT2D eigenvalue weighted by atomic mass is 16.5. The van der Waals surface area contributed by atoms with Crippen molar-refractivity contribution >= 4 is 5.91 Å². The molecule has 5 heteroatoms. The zero-order chi connectivity index (χ0) is 10.8. The lowest BCUT2D eigenvalue weighted by molar-refractivity contribution is -0.149. The highest BCUT2D eigenvalue weighted by molar-refractivity contribution is 5.81. The minimum absolute atomic E-state index is 0.000185.